The van der Waals surface area contributed by atoms with Crippen LogP contribution in [0.4, 0.5) is 17.1 Å². The smallest absolute Gasteiger partial charge is 0.277 e. The van der Waals surface area contributed by atoms with Gasteiger partial charge in [0, 0.05) is 27.9 Å². The van der Waals surface area contributed by atoms with Gasteiger partial charge < -0.3 is 5.32 Å². The molecule has 0 saturated carbocycles. The molecule has 0 radical (unpaired) electrons. The van der Waals surface area contributed by atoms with Crippen molar-refractivity contribution in [3.8, 4) is 0 Å². The topological polar surface area (TPSA) is 115 Å². The minimum Gasteiger partial charge on any atom is -0.322 e. The summed E-state index contributed by atoms with van der Waals surface area (Å²) in [6.07, 6.45) is 0. The predicted molar refractivity (Wildman–Crippen MR) is 84.2 cm³/mol. The van der Waals surface area contributed by atoms with Crippen LogP contribution in [0.5, 0.6) is 0 Å². The third kappa shape index (κ3) is 4.15. The summed E-state index contributed by atoms with van der Waals surface area (Å²) in [5, 5.41) is 24.6. The molecule has 0 aliphatic heterocycles. The molecule has 23 heavy (non-hydrogen) atoms. The van der Waals surface area contributed by atoms with Crippen molar-refractivity contribution in [2.24, 2.45) is 0 Å². The van der Waals surface area contributed by atoms with Crippen molar-refractivity contribution in [1.29, 1.82) is 0 Å². The van der Waals surface area contributed by atoms with Crippen LogP contribution in [0, 0.1) is 20.2 Å². The van der Waals surface area contributed by atoms with Crippen LogP contribution < -0.4 is 5.32 Å². The zero-order valence-corrected chi connectivity index (χ0v) is 12.7. The quantitative estimate of drug-likeness (QED) is 0.655. The Morgan fingerprint density at radius 3 is 1.78 bits per heavy atom. The lowest BCUT2D eigenvalue weighted by atomic mass is 10.1. The number of anilines is 1. The van der Waals surface area contributed by atoms with E-state index in [0.29, 0.717) is 0 Å². The van der Waals surface area contributed by atoms with E-state index in [1.807, 2.05) is 0 Å². The molecule has 2 aromatic carbocycles. The van der Waals surface area contributed by atoms with Crippen LogP contribution in [-0.2, 0) is 0 Å². The molecule has 8 nitrogen and oxygen atoms in total. The van der Waals surface area contributed by atoms with Gasteiger partial charge in [0.2, 0.25) is 0 Å². The fraction of sp³-hybridized carbons (Fsp3) is 0. The molecule has 0 aliphatic rings. The minimum absolute atomic E-state index is 0.234. The van der Waals surface area contributed by atoms with Gasteiger partial charge in [-0.1, -0.05) is 23.2 Å². The fourth-order valence-corrected chi connectivity index (χ4v) is 2.29. The number of non-ortho nitro benzene ring substituents is 2. The highest BCUT2D eigenvalue weighted by Crippen LogP contribution is 2.25. The molecule has 1 amide bonds. The van der Waals surface area contributed by atoms with E-state index in [4.69, 9.17) is 23.2 Å². The number of carbonyl (C=O) groups is 1. The molecule has 0 saturated heterocycles. The van der Waals surface area contributed by atoms with Gasteiger partial charge in [0.25, 0.3) is 17.3 Å². The number of nitro groups is 2. The zero-order chi connectivity index (χ0) is 17.1. The van der Waals surface area contributed by atoms with Crippen molar-refractivity contribution in [3.05, 3.63) is 72.2 Å². The first-order valence-electron chi connectivity index (χ1n) is 5.97. The second-order valence-electron chi connectivity index (χ2n) is 4.36. The van der Waals surface area contributed by atoms with Crippen LogP contribution in [0.25, 0.3) is 0 Å². The standard InChI is InChI=1S/C13H7Cl2N3O5/c14-8-3-9(15)5-10(4-8)16-13(19)7-1-11(17(20)21)6-12(2-7)18(22)23/h1-6H,(H,16,19). The van der Waals surface area contributed by atoms with Crippen LogP contribution in [-0.4, -0.2) is 15.8 Å². The molecule has 0 unspecified atom stereocenters. The van der Waals surface area contributed by atoms with Gasteiger partial charge in [0.15, 0.2) is 0 Å². The maximum atomic E-state index is 12.1. The average Bonchev–Trinajstić information content (AvgIpc) is 2.45. The molecule has 0 bridgehead atoms. The number of nitro benzene ring substituents is 2. The summed E-state index contributed by atoms with van der Waals surface area (Å²) in [4.78, 5) is 32.1. The molecule has 10 heteroatoms. The molecule has 118 valence electrons. The summed E-state index contributed by atoms with van der Waals surface area (Å²) in [5.74, 6) is -0.768. The number of benzene rings is 2. The van der Waals surface area contributed by atoms with E-state index in [9.17, 15) is 25.0 Å². The van der Waals surface area contributed by atoms with Crippen molar-refractivity contribution in [1.82, 2.24) is 0 Å². The van der Waals surface area contributed by atoms with Gasteiger partial charge in [-0.25, -0.2) is 0 Å². The maximum absolute atomic E-state index is 12.1. The Hall–Kier alpha value is -2.71. The Morgan fingerprint density at radius 2 is 1.35 bits per heavy atom. The summed E-state index contributed by atoms with van der Waals surface area (Å²) in [7, 11) is 0. The largest absolute Gasteiger partial charge is 0.322 e. The van der Waals surface area contributed by atoms with E-state index in [2.05, 4.69) is 5.32 Å². The van der Waals surface area contributed by atoms with Crippen LogP contribution in [0.2, 0.25) is 10.0 Å². The zero-order valence-electron chi connectivity index (χ0n) is 11.2. The number of hydrogen-bond donors (Lipinski definition) is 1. The van der Waals surface area contributed by atoms with E-state index >= 15 is 0 Å². The third-order valence-electron chi connectivity index (χ3n) is 2.71. The fourth-order valence-electron chi connectivity index (χ4n) is 1.77. The molecule has 1 N–H and O–H groups in total. The molecule has 0 aliphatic carbocycles. The van der Waals surface area contributed by atoms with Crippen LogP contribution in [0.1, 0.15) is 10.4 Å². The molecular formula is C13H7Cl2N3O5. The summed E-state index contributed by atoms with van der Waals surface area (Å²) >= 11 is 11.6. The first-order chi connectivity index (χ1) is 10.8. The number of hydrogen-bond acceptors (Lipinski definition) is 5. The Kier molecular flexibility index (Phi) is 4.77. The summed E-state index contributed by atoms with van der Waals surface area (Å²) < 4.78 is 0. The normalized spacial score (nSPS) is 10.2. The highest BCUT2D eigenvalue weighted by atomic mass is 35.5. The number of rotatable bonds is 4. The van der Waals surface area contributed by atoms with Crippen molar-refractivity contribution < 1.29 is 14.6 Å². The van der Waals surface area contributed by atoms with E-state index in [0.717, 1.165) is 18.2 Å². The van der Waals surface area contributed by atoms with Crippen LogP contribution in [0.3, 0.4) is 0 Å². The average molecular weight is 356 g/mol. The Morgan fingerprint density at radius 1 is 0.870 bits per heavy atom. The van der Waals surface area contributed by atoms with Gasteiger partial charge in [0.05, 0.1) is 21.5 Å². The highest BCUT2D eigenvalue weighted by Gasteiger charge is 2.20. The van der Waals surface area contributed by atoms with Gasteiger partial charge in [-0.2, -0.15) is 0 Å². The van der Waals surface area contributed by atoms with Crippen molar-refractivity contribution in [2.45, 2.75) is 0 Å². The Bertz CT molecular complexity index is 773. The molecule has 0 atom stereocenters. The minimum atomic E-state index is -0.819. The van der Waals surface area contributed by atoms with E-state index in [1.54, 1.807) is 0 Å². The SMILES string of the molecule is O=C(Nc1cc(Cl)cc(Cl)c1)c1cc([N+](=O)[O-])cc([N+](=O)[O-])c1. The number of nitrogens with zero attached hydrogens (tertiary/aromatic N) is 2. The Balaban J connectivity index is 2.38. The third-order valence-corrected chi connectivity index (χ3v) is 3.14. The Labute approximate surface area is 138 Å². The predicted octanol–water partition coefficient (Wildman–Crippen LogP) is 4.06. The number of nitrogens with one attached hydrogen (secondary N) is 1. The summed E-state index contributed by atoms with van der Waals surface area (Å²) in [5.41, 5.74) is -1.11. The molecule has 0 spiro atoms. The molecule has 2 rings (SSSR count). The van der Waals surface area contributed by atoms with Gasteiger partial charge in [-0.15, -0.1) is 0 Å². The van der Waals surface area contributed by atoms with Gasteiger partial charge in [0.1, 0.15) is 0 Å². The molecule has 0 fully saturated rings. The lowest BCUT2D eigenvalue weighted by Crippen LogP contribution is -2.12. The maximum Gasteiger partial charge on any atom is 0.277 e. The van der Waals surface area contributed by atoms with Gasteiger partial charge in [-0.05, 0) is 18.2 Å². The van der Waals surface area contributed by atoms with Crippen molar-refractivity contribution in [2.75, 3.05) is 5.32 Å². The van der Waals surface area contributed by atoms with Crippen LogP contribution in [0.15, 0.2) is 36.4 Å². The molecule has 0 aromatic heterocycles. The summed E-state index contributed by atoms with van der Waals surface area (Å²) in [6.45, 7) is 0. The second kappa shape index (κ2) is 6.59. The highest BCUT2D eigenvalue weighted by molar-refractivity contribution is 6.35. The van der Waals surface area contributed by atoms with E-state index in [1.165, 1.54) is 18.2 Å². The number of amides is 1. The lowest BCUT2D eigenvalue weighted by Gasteiger charge is -2.06. The number of halogens is 2. The van der Waals surface area contributed by atoms with Crippen molar-refractivity contribution in [3.63, 3.8) is 0 Å². The van der Waals surface area contributed by atoms with Gasteiger partial charge in [-0.3, -0.25) is 25.0 Å². The first-order valence-corrected chi connectivity index (χ1v) is 6.73. The van der Waals surface area contributed by atoms with Crippen molar-refractivity contribution >= 4 is 46.2 Å². The van der Waals surface area contributed by atoms with Crippen LogP contribution >= 0.6 is 23.2 Å². The molecule has 0 heterocycles. The summed E-state index contributed by atoms with van der Waals surface area (Å²) in [6, 6.07) is 6.93. The first kappa shape index (κ1) is 16.7. The van der Waals surface area contributed by atoms with E-state index < -0.39 is 27.1 Å². The lowest BCUT2D eigenvalue weighted by molar-refractivity contribution is -0.394. The molecule has 2 aromatic rings. The number of carbonyl (C=O) groups excluding carboxylic acids is 1. The van der Waals surface area contributed by atoms with Gasteiger partial charge >= 0.3 is 0 Å². The molecular weight excluding hydrogens is 349 g/mol. The second-order valence-corrected chi connectivity index (χ2v) is 5.24. The van der Waals surface area contributed by atoms with E-state index in [-0.39, 0.29) is 21.3 Å². The monoisotopic (exact) mass is 355 g/mol.